The van der Waals surface area contributed by atoms with E-state index < -0.39 is 0 Å². The quantitative estimate of drug-likeness (QED) is 0.408. The van der Waals surface area contributed by atoms with Gasteiger partial charge in [0.15, 0.2) is 0 Å². The third-order valence-electron chi connectivity index (χ3n) is 4.90. The van der Waals surface area contributed by atoms with Gasteiger partial charge >= 0.3 is 0 Å². The lowest BCUT2D eigenvalue weighted by Crippen LogP contribution is -1.97. The summed E-state index contributed by atoms with van der Waals surface area (Å²) in [6.45, 7) is 1.99. The second-order valence-electron chi connectivity index (χ2n) is 7.04. The van der Waals surface area contributed by atoms with Crippen molar-refractivity contribution < 1.29 is 9.15 Å². The van der Waals surface area contributed by atoms with E-state index in [1.807, 2.05) is 79.7 Å². The highest BCUT2D eigenvalue weighted by Crippen LogP contribution is 2.24. The first kappa shape index (κ1) is 18.7. The summed E-state index contributed by atoms with van der Waals surface area (Å²) in [5.41, 5.74) is 5.40. The van der Waals surface area contributed by atoms with E-state index in [4.69, 9.17) is 9.15 Å². The maximum atomic E-state index is 5.70. The van der Waals surface area contributed by atoms with Crippen LogP contribution in [0.4, 0.5) is 0 Å². The summed E-state index contributed by atoms with van der Waals surface area (Å²) in [4.78, 5) is 1.63. The van der Waals surface area contributed by atoms with Crippen LogP contribution >= 0.6 is 0 Å². The maximum absolute atomic E-state index is 5.70. The van der Waals surface area contributed by atoms with E-state index in [2.05, 4.69) is 20.4 Å². The van der Waals surface area contributed by atoms with E-state index in [-0.39, 0.29) is 0 Å². The van der Waals surface area contributed by atoms with E-state index in [1.54, 1.807) is 18.0 Å². The normalized spacial score (nSPS) is 11.4. The Morgan fingerprint density at radius 2 is 1.61 bits per heavy atom. The topological polar surface area (TPSA) is 78.9 Å². The monoisotopic (exact) mass is 409 g/mol. The van der Waals surface area contributed by atoms with E-state index in [0.717, 1.165) is 39.2 Å². The minimum Gasteiger partial charge on any atom is -0.496 e. The van der Waals surface area contributed by atoms with E-state index in [1.165, 1.54) is 0 Å². The minimum absolute atomic E-state index is 0.451. The fraction of sp³-hybridized carbons (Fsp3) is 0.0833. The van der Waals surface area contributed by atoms with Crippen LogP contribution in [-0.4, -0.2) is 32.3 Å². The lowest BCUT2D eigenvalue weighted by atomic mass is 10.2. The van der Waals surface area contributed by atoms with Crippen LogP contribution in [0.3, 0.4) is 0 Å². The molecule has 0 amide bonds. The molecule has 0 aliphatic carbocycles. The average Bonchev–Trinajstić information content (AvgIpc) is 3.45. The molecule has 0 aliphatic rings. The Bertz CT molecular complexity index is 1370. The summed E-state index contributed by atoms with van der Waals surface area (Å²) < 4.78 is 11.1. The summed E-state index contributed by atoms with van der Waals surface area (Å²) in [7, 11) is 1.65. The first-order valence-electron chi connectivity index (χ1n) is 9.79. The molecule has 0 bridgehead atoms. The van der Waals surface area contributed by atoms with E-state index >= 15 is 0 Å². The van der Waals surface area contributed by atoms with Crippen LogP contribution in [0.15, 0.2) is 71.1 Å². The second-order valence-corrected chi connectivity index (χ2v) is 7.04. The van der Waals surface area contributed by atoms with Crippen LogP contribution in [0.5, 0.6) is 5.75 Å². The molecule has 0 aliphatic heterocycles. The van der Waals surface area contributed by atoms with Crippen LogP contribution in [0.1, 0.15) is 17.0 Å². The number of methoxy groups -OCH3 is 1. The van der Waals surface area contributed by atoms with Gasteiger partial charge < -0.3 is 9.15 Å². The molecule has 7 nitrogen and oxygen atoms in total. The Balaban J connectivity index is 1.34. The zero-order valence-electron chi connectivity index (χ0n) is 17.1. The average molecular weight is 409 g/mol. The molecule has 0 saturated carbocycles. The lowest BCUT2D eigenvalue weighted by Gasteiger charge is -2.01. The van der Waals surface area contributed by atoms with Gasteiger partial charge in [-0.25, -0.2) is 0 Å². The summed E-state index contributed by atoms with van der Waals surface area (Å²) in [5, 5.41) is 17.3. The number of hydrogen-bond donors (Lipinski definition) is 0. The van der Waals surface area contributed by atoms with Gasteiger partial charge in [0.05, 0.1) is 12.8 Å². The smallest absolute Gasteiger partial charge is 0.248 e. The van der Waals surface area contributed by atoms with E-state index in [9.17, 15) is 0 Å². The van der Waals surface area contributed by atoms with Gasteiger partial charge in [0.25, 0.3) is 0 Å². The zero-order chi connectivity index (χ0) is 21.2. The molecule has 0 atom stereocenters. The Kier molecular flexibility index (Phi) is 4.76. The van der Waals surface area contributed by atoms with Gasteiger partial charge in [-0.05, 0) is 54.5 Å². The van der Waals surface area contributed by atoms with Crippen LogP contribution in [0.25, 0.3) is 40.3 Å². The van der Waals surface area contributed by atoms with Crippen molar-refractivity contribution in [3.63, 3.8) is 0 Å². The molecule has 0 spiro atoms. The van der Waals surface area contributed by atoms with Crippen molar-refractivity contribution in [2.45, 2.75) is 6.92 Å². The van der Waals surface area contributed by atoms with Crippen molar-refractivity contribution in [1.29, 1.82) is 0 Å². The molecule has 2 aromatic heterocycles. The number of fused-ring (bicyclic) bond motifs is 1. The van der Waals surface area contributed by atoms with Gasteiger partial charge in [0.2, 0.25) is 11.8 Å². The summed E-state index contributed by atoms with van der Waals surface area (Å²) in [6.07, 6.45) is 3.72. The predicted octanol–water partition coefficient (Wildman–Crippen LogP) is 4.96. The van der Waals surface area contributed by atoms with Crippen LogP contribution in [-0.2, 0) is 0 Å². The number of ether oxygens (including phenoxy) is 1. The molecule has 152 valence electrons. The van der Waals surface area contributed by atoms with Crippen LogP contribution in [0.2, 0.25) is 0 Å². The number of aromatic nitrogens is 5. The Labute approximate surface area is 178 Å². The molecule has 5 rings (SSSR count). The zero-order valence-corrected chi connectivity index (χ0v) is 17.1. The van der Waals surface area contributed by atoms with Gasteiger partial charge in [0.1, 0.15) is 16.8 Å². The third-order valence-corrected chi connectivity index (χ3v) is 4.90. The van der Waals surface area contributed by atoms with Crippen molar-refractivity contribution in [2.24, 2.45) is 0 Å². The molecule has 0 unspecified atom stereocenters. The highest BCUT2D eigenvalue weighted by molar-refractivity contribution is 5.77. The third kappa shape index (κ3) is 3.81. The van der Waals surface area contributed by atoms with Gasteiger partial charge in [-0.3, -0.25) is 0 Å². The molecule has 2 heterocycles. The Morgan fingerprint density at radius 1 is 0.871 bits per heavy atom. The highest BCUT2D eigenvalue weighted by atomic mass is 16.5. The molecule has 5 aromatic rings. The van der Waals surface area contributed by atoms with Crippen molar-refractivity contribution in [3.8, 4) is 22.9 Å². The van der Waals surface area contributed by atoms with E-state index in [0.29, 0.717) is 11.8 Å². The standard InChI is InChI=1S/C24H19N5O2/c1-16-14-20-21(15-22(16)30-2)28-29(27-20)19-11-8-17(9-12-19)10-13-23-25-26-24(31-23)18-6-4-3-5-7-18/h3-15H,1-2H3. The number of benzene rings is 3. The Morgan fingerprint density at radius 3 is 2.35 bits per heavy atom. The minimum atomic E-state index is 0.451. The van der Waals surface area contributed by atoms with Gasteiger partial charge in [-0.1, -0.05) is 30.3 Å². The van der Waals surface area contributed by atoms with Crippen molar-refractivity contribution in [3.05, 3.63) is 83.7 Å². The number of nitrogens with zero attached hydrogens (tertiary/aromatic N) is 5. The van der Waals surface area contributed by atoms with Crippen molar-refractivity contribution in [2.75, 3.05) is 7.11 Å². The number of rotatable bonds is 5. The van der Waals surface area contributed by atoms with Gasteiger partial charge in [-0.15, -0.1) is 20.4 Å². The molecule has 7 heteroatoms. The molecular weight excluding hydrogens is 390 g/mol. The van der Waals surface area contributed by atoms with Crippen LogP contribution in [0, 0.1) is 6.92 Å². The summed E-state index contributed by atoms with van der Waals surface area (Å²) in [5.74, 6) is 1.75. The number of aryl methyl sites for hydroxylation is 1. The molecule has 31 heavy (non-hydrogen) atoms. The maximum Gasteiger partial charge on any atom is 0.248 e. The molecule has 0 radical (unpaired) electrons. The van der Waals surface area contributed by atoms with Crippen LogP contribution < -0.4 is 4.74 Å². The highest BCUT2D eigenvalue weighted by Gasteiger charge is 2.09. The van der Waals surface area contributed by atoms with Crippen molar-refractivity contribution >= 4 is 23.2 Å². The lowest BCUT2D eigenvalue weighted by molar-refractivity contribution is 0.412. The molecule has 0 fully saturated rings. The predicted molar refractivity (Wildman–Crippen MR) is 119 cm³/mol. The fourth-order valence-electron chi connectivity index (χ4n) is 3.27. The fourth-order valence-corrected chi connectivity index (χ4v) is 3.27. The summed E-state index contributed by atoms with van der Waals surface area (Å²) in [6, 6.07) is 21.5. The number of hydrogen-bond acceptors (Lipinski definition) is 6. The SMILES string of the molecule is COc1cc2nn(-c3ccc(C=Cc4nnc(-c5ccccc5)o4)cc3)nc2cc1C. The summed E-state index contributed by atoms with van der Waals surface area (Å²) >= 11 is 0. The molecular formula is C24H19N5O2. The molecule has 3 aromatic carbocycles. The van der Waals surface area contributed by atoms with Gasteiger partial charge in [0, 0.05) is 17.7 Å². The first-order chi connectivity index (χ1) is 15.2. The largest absolute Gasteiger partial charge is 0.496 e. The second kappa shape index (κ2) is 7.87. The van der Waals surface area contributed by atoms with Crippen molar-refractivity contribution in [1.82, 2.24) is 25.2 Å². The molecule has 0 N–H and O–H groups in total. The van der Waals surface area contributed by atoms with Gasteiger partial charge in [-0.2, -0.15) is 4.80 Å². The molecule has 0 saturated heterocycles. The first-order valence-corrected chi connectivity index (χ1v) is 9.79. The Hall–Kier alpha value is -4.26.